The zero-order valence-corrected chi connectivity index (χ0v) is 14.7. The van der Waals surface area contributed by atoms with Crippen molar-refractivity contribution in [1.29, 1.82) is 0 Å². The van der Waals surface area contributed by atoms with Gasteiger partial charge in [0.1, 0.15) is 6.54 Å². The van der Waals surface area contributed by atoms with E-state index in [9.17, 15) is 4.79 Å². The largest absolute Gasteiger partial charge is 0.358 e. The molecule has 0 atom stereocenters. The van der Waals surface area contributed by atoms with Crippen molar-refractivity contribution >= 4 is 22.5 Å². The molecule has 2 N–H and O–H groups in total. The Kier molecular flexibility index (Phi) is 5.65. The summed E-state index contributed by atoms with van der Waals surface area (Å²) in [5, 5.41) is 1.33. The first-order chi connectivity index (χ1) is 10.5. The zero-order valence-electron chi connectivity index (χ0n) is 14.0. The maximum atomic E-state index is 12.9. The first kappa shape index (κ1) is 17.0. The Labute approximate surface area is 137 Å². The van der Waals surface area contributed by atoms with Crippen molar-refractivity contribution in [2.24, 2.45) is 0 Å². The van der Waals surface area contributed by atoms with Crippen molar-refractivity contribution in [3.05, 3.63) is 44.2 Å². The van der Waals surface area contributed by atoms with Crippen LogP contribution in [0.5, 0.6) is 0 Å². The number of aryl methyl sites for hydroxylation is 2. The van der Waals surface area contributed by atoms with Gasteiger partial charge in [-0.05, 0) is 44.4 Å². The van der Waals surface area contributed by atoms with E-state index in [2.05, 4.69) is 18.8 Å². The van der Waals surface area contributed by atoms with Crippen LogP contribution in [0.15, 0.2) is 16.9 Å². The summed E-state index contributed by atoms with van der Waals surface area (Å²) in [6, 6.07) is 3.68. The molecule has 2 aromatic rings. The van der Waals surface area contributed by atoms with Crippen molar-refractivity contribution in [3.8, 4) is 0 Å². The van der Waals surface area contributed by atoms with E-state index in [1.165, 1.54) is 4.90 Å². The Morgan fingerprint density at radius 1 is 1.14 bits per heavy atom. The number of aromatic amines is 1. The van der Waals surface area contributed by atoms with Crippen LogP contribution in [-0.4, -0.2) is 18.1 Å². The monoisotopic (exact) mass is 321 g/mol. The second-order valence-corrected chi connectivity index (χ2v) is 6.57. The number of H-pyrrole nitrogens is 1. The molecule has 0 aliphatic heterocycles. The van der Waals surface area contributed by atoms with Crippen LogP contribution in [0.4, 0.5) is 0 Å². The van der Waals surface area contributed by atoms with Gasteiger partial charge in [-0.1, -0.05) is 25.4 Å². The van der Waals surface area contributed by atoms with Crippen molar-refractivity contribution in [1.82, 2.24) is 4.98 Å². The van der Waals surface area contributed by atoms with Gasteiger partial charge in [-0.3, -0.25) is 4.79 Å². The topological polar surface area (TPSA) is 37.3 Å². The summed E-state index contributed by atoms with van der Waals surface area (Å²) in [7, 11) is 0. The average Bonchev–Trinajstić information content (AvgIpc) is 2.45. The minimum absolute atomic E-state index is 0.126. The molecule has 0 unspecified atom stereocenters. The third-order valence-electron chi connectivity index (χ3n) is 4.22. The van der Waals surface area contributed by atoms with E-state index in [1.807, 2.05) is 19.9 Å². The summed E-state index contributed by atoms with van der Waals surface area (Å²) in [6.07, 6.45) is 2.26. The molecule has 1 heterocycles. The van der Waals surface area contributed by atoms with Gasteiger partial charge in [-0.2, -0.15) is 0 Å². The van der Waals surface area contributed by atoms with E-state index >= 15 is 0 Å². The molecule has 4 heteroatoms. The number of aromatic nitrogens is 1. The zero-order chi connectivity index (χ0) is 16.3. The summed E-state index contributed by atoms with van der Waals surface area (Å²) in [4.78, 5) is 17.8. The third kappa shape index (κ3) is 3.53. The number of nitrogens with one attached hydrogen (secondary N) is 2. The predicted molar refractivity (Wildman–Crippen MR) is 94.0 cm³/mol. The van der Waals surface area contributed by atoms with Gasteiger partial charge in [0.2, 0.25) is 0 Å². The fraction of sp³-hybridized carbons (Fsp3) is 0.500. The molecule has 22 heavy (non-hydrogen) atoms. The molecule has 1 aromatic heterocycles. The first-order valence-electron chi connectivity index (χ1n) is 8.13. The Bertz CT molecular complexity index is 715. The molecular weight excluding hydrogens is 296 g/mol. The Hall–Kier alpha value is -1.32. The molecule has 0 radical (unpaired) electrons. The highest BCUT2D eigenvalue weighted by Crippen LogP contribution is 2.20. The molecule has 120 valence electrons. The summed E-state index contributed by atoms with van der Waals surface area (Å²) >= 11 is 6.14. The summed E-state index contributed by atoms with van der Waals surface area (Å²) in [5.74, 6) is 0. The number of benzene rings is 1. The second kappa shape index (κ2) is 7.30. The highest BCUT2D eigenvalue weighted by molar-refractivity contribution is 6.31. The van der Waals surface area contributed by atoms with Crippen LogP contribution >= 0.6 is 11.6 Å². The molecule has 0 saturated heterocycles. The maximum Gasteiger partial charge on any atom is 0.198 e. The second-order valence-electron chi connectivity index (χ2n) is 6.13. The van der Waals surface area contributed by atoms with Gasteiger partial charge < -0.3 is 9.88 Å². The predicted octanol–water partition coefficient (Wildman–Crippen LogP) is 3.00. The number of rotatable bonds is 6. The summed E-state index contributed by atoms with van der Waals surface area (Å²) in [6.45, 7) is 11.3. The summed E-state index contributed by atoms with van der Waals surface area (Å²) in [5.41, 5.74) is 3.92. The lowest BCUT2D eigenvalue weighted by atomic mass is 10.1. The molecule has 3 nitrogen and oxygen atoms in total. The van der Waals surface area contributed by atoms with Gasteiger partial charge in [-0.15, -0.1) is 0 Å². The number of hydrogen-bond donors (Lipinski definition) is 2. The molecule has 0 fully saturated rings. The average molecular weight is 322 g/mol. The van der Waals surface area contributed by atoms with Gasteiger partial charge >= 0.3 is 0 Å². The van der Waals surface area contributed by atoms with Crippen molar-refractivity contribution in [2.45, 2.75) is 47.1 Å². The maximum absolute atomic E-state index is 12.9. The van der Waals surface area contributed by atoms with Crippen LogP contribution in [0.2, 0.25) is 5.02 Å². The standard InChI is InChI=1S/C18H25ClN2O/c1-5-7-21(8-6-2)11-16-13(4)20-17-12(3)9-14(19)10-15(17)18(16)22/h9-10H,5-8,11H2,1-4H3,(H,20,22)/p+1. The van der Waals surface area contributed by atoms with Crippen LogP contribution in [0, 0.1) is 13.8 Å². The van der Waals surface area contributed by atoms with E-state index in [0.29, 0.717) is 10.4 Å². The lowest BCUT2D eigenvalue weighted by Gasteiger charge is -2.19. The fourth-order valence-corrected chi connectivity index (χ4v) is 3.43. The number of quaternary nitrogens is 1. The van der Waals surface area contributed by atoms with Gasteiger partial charge in [0.05, 0.1) is 24.2 Å². The molecule has 0 bridgehead atoms. The molecule has 0 aliphatic carbocycles. The van der Waals surface area contributed by atoms with Crippen molar-refractivity contribution < 1.29 is 4.90 Å². The quantitative estimate of drug-likeness (QED) is 0.843. The molecule has 0 aliphatic rings. The molecule has 0 spiro atoms. The fourth-order valence-electron chi connectivity index (χ4n) is 3.16. The first-order valence-corrected chi connectivity index (χ1v) is 8.50. The van der Waals surface area contributed by atoms with Crippen LogP contribution in [-0.2, 0) is 6.54 Å². The highest BCUT2D eigenvalue weighted by Gasteiger charge is 2.16. The van der Waals surface area contributed by atoms with Crippen molar-refractivity contribution in [2.75, 3.05) is 13.1 Å². The Morgan fingerprint density at radius 3 is 2.36 bits per heavy atom. The minimum Gasteiger partial charge on any atom is -0.358 e. The van der Waals surface area contributed by atoms with Crippen LogP contribution < -0.4 is 10.3 Å². The van der Waals surface area contributed by atoms with Gasteiger partial charge in [-0.25, -0.2) is 0 Å². The number of pyridine rings is 1. The SMILES string of the molecule is CCC[NH+](CCC)Cc1c(C)[nH]c2c(C)cc(Cl)cc2c1=O. The molecule has 0 saturated carbocycles. The Balaban J connectivity index is 2.52. The third-order valence-corrected chi connectivity index (χ3v) is 4.44. The van der Waals surface area contributed by atoms with Gasteiger partial charge in [0, 0.05) is 16.1 Å². The van der Waals surface area contributed by atoms with Crippen LogP contribution in [0.3, 0.4) is 0 Å². The van der Waals surface area contributed by atoms with Crippen LogP contribution in [0.25, 0.3) is 10.9 Å². The molecule has 1 aromatic carbocycles. The minimum atomic E-state index is 0.126. The van der Waals surface area contributed by atoms with Gasteiger partial charge in [0.15, 0.2) is 5.43 Å². The lowest BCUT2D eigenvalue weighted by molar-refractivity contribution is -0.914. The lowest BCUT2D eigenvalue weighted by Crippen LogP contribution is -3.10. The number of halogens is 1. The van der Waals surface area contributed by atoms with E-state index in [0.717, 1.165) is 54.8 Å². The Morgan fingerprint density at radius 2 is 1.77 bits per heavy atom. The van der Waals surface area contributed by atoms with E-state index in [4.69, 9.17) is 11.6 Å². The van der Waals surface area contributed by atoms with Gasteiger partial charge in [0.25, 0.3) is 0 Å². The van der Waals surface area contributed by atoms with Crippen molar-refractivity contribution in [3.63, 3.8) is 0 Å². The molecule has 2 rings (SSSR count). The smallest absolute Gasteiger partial charge is 0.198 e. The van der Waals surface area contributed by atoms with Crippen LogP contribution in [0.1, 0.15) is 43.5 Å². The molecular formula is C18H26ClN2O+. The van der Waals surface area contributed by atoms with E-state index < -0.39 is 0 Å². The number of fused-ring (bicyclic) bond motifs is 1. The summed E-state index contributed by atoms with van der Waals surface area (Å²) < 4.78 is 0. The molecule has 0 amide bonds. The van der Waals surface area contributed by atoms with E-state index in [1.54, 1.807) is 6.07 Å². The van der Waals surface area contributed by atoms with E-state index in [-0.39, 0.29) is 5.43 Å². The highest BCUT2D eigenvalue weighted by atomic mass is 35.5. The normalized spacial score (nSPS) is 11.5. The number of hydrogen-bond acceptors (Lipinski definition) is 1.